The van der Waals surface area contributed by atoms with Crippen LogP contribution in [0.2, 0.25) is 0 Å². The predicted molar refractivity (Wildman–Crippen MR) is 63.5 cm³/mol. The molecule has 1 fully saturated rings. The summed E-state index contributed by atoms with van der Waals surface area (Å²) < 4.78 is 4.82. The minimum atomic E-state index is -0.512. The second kappa shape index (κ2) is 7.24. The number of carbonyl (C=O) groups is 2. The molecule has 98 valence electrons. The molecule has 2 amide bonds. The normalized spacial score (nSPS) is 20.9. The summed E-state index contributed by atoms with van der Waals surface area (Å²) in [5.41, 5.74) is 0. The van der Waals surface area contributed by atoms with Crippen LogP contribution >= 0.6 is 0 Å². The van der Waals surface area contributed by atoms with Gasteiger partial charge in [-0.15, -0.1) is 0 Å². The van der Waals surface area contributed by atoms with Crippen LogP contribution in [0.25, 0.3) is 0 Å². The van der Waals surface area contributed by atoms with E-state index in [1.165, 1.54) is 0 Å². The van der Waals surface area contributed by atoms with Crippen LogP contribution in [-0.2, 0) is 14.3 Å². The van der Waals surface area contributed by atoms with Crippen molar-refractivity contribution < 1.29 is 14.3 Å². The quantitative estimate of drug-likeness (QED) is 0.523. The largest absolute Gasteiger partial charge is 0.383 e. The van der Waals surface area contributed by atoms with Crippen molar-refractivity contribution in [3.8, 4) is 0 Å². The van der Waals surface area contributed by atoms with Gasteiger partial charge in [0.25, 0.3) is 0 Å². The second-order valence-electron chi connectivity index (χ2n) is 4.16. The van der Waals surface area contributed by atoms with E-state index >= 15 is 0 Å². The Morgan fingerprint density at radius 2 is 2.29 bits per heavy atom. The standard InChI is InChI=1S/C11H21N3O3/c1-8(10(15)13-6-7-17-2)14-11(16)9-4-3-5-12-9/h8-9,12H,3-7H2,1-2H3,(H,13,15)(H,14,16)/t8?,9-/m1/s1. The molecule has 1 rings (SSSR count). The van der Waals surface area contributed by atoms with Crippen molar-refractivity contribution >= 4 is 11.8 Å². The molecule has 1 aliphatic rings. The fourth-order valence-corrected chi connectivity index (χ4v) is 1.72. The molecular formula is C11H21N3O3. The third-order valence-electron chi connectivity index (χ3n) is 2.73. The van der Waals surface area contributed by atoms with Gasteiger partial charge < -0.3 is 20.7 Å². The maximum Gasteiger partial charge on any atom is 0.242 e. The van der Waals surface area contributed by atoms with Crippen molar-refractivity contribution in [2.75, 3.05) is 26.8 Å². The van der Waals surface area contributed by atoms with Gasteiger partial charge >= 0.3 is 0 Å². The monoisotopic (exact) mass is 243 g/mol. The van der Waals surface area contributed by atoms with Crippen LogP contribution in [-0.4, -0.2) is 50.7 Å². The van der Waals surface area contributed by atoms with E-state index in [4.69, 9.17) is 4.74 Å². The van der Waals surface area contributed by atoms with Crippen LogP contribution in [0.5, 0.6) is 0 Å². The van der Waals surface area contributed by atoms with Crippen LogP contribution in [0, 0.1) is 0 Å². The Morgan fingerprint density at radius 1 is 1.53 bits per heavy atom. The minimum Gasteiger partial charge on any atom is -0.383 e. The molecule has 3 N–H and O–H groups in total. The van der Waals surface area contributed by atoms with Gasteiger partial charge in [0.1, 0.15) is 6.04 Å². The molecule has 0 aromatic carbocycles. The van der Waals surface area contributed by atoms with Crippen LogP contribution in [0.1, 0.15) is 19.8 Å². The number of hydrogen-bond donors (Lipinski definition) is 3. The summed E-state index contributed by atoms with van der Waals surface area (Å²) in [6, 6.07) is -0.661. The molecule has 0 radical (unpaired) electrons. The Bertz CT molecular complexity index is 265. The molecule has 0 aromatic rings. The topological polar surface area (TPSA) is 79.5 Å². The Morgan fingerprint density at radius 3 is 2.88 bits per heavy atom. The van der Waals surface area contributed by atoms with E-state index in [1.807, 2.05) is 0 Å². The van der Waals surface area contributed by atoms with Crippen LogP contribution in [0.15, 0.2) is 0 Å². The average molecular weight is 243 g/mol. The molecule has 0 spiro atoms. The molecule has 1 heterocycles. The number of ether oxygens (including phenoxy) is 1. The highest BCUT2D eigenvalue weighted by Crippen LogP contribution is 2.04. The van der Waals surface area contributed by atoms with Gasteiger partial charge in [-0.25, -0.2) is 0 Å². The Hall–Kier alpha value is -1.14. The van der Waals surface area contributed by atoms with Crippen molar-refractivity contribution in [1.82, 2.24) is 16.0 Å². The number of nitrogens with one attached hydrogen (secondary N) is 3. The summed E-state index contributed by atoms with van der Waals surface area (Å²) in [6.45, 7) is 3.47. The maximum atomic E-state index is 11.7. The van der Waals surface area contributed by atoms with Crippen molar-refractivity contribution in [3.63, 3.8) is 0 Å². The highest BCUT2D eigenvalue weighted by Gasteiger charge is 2.24. The van der Waals surface area contributed by atoms with E-state index in [2.05, 4.69) is 16.0 Å². The Balaban J connectivity index is 2.24. The molecule has 0 aromatic heterocycles. The number of hydrogen-bond acceptors (Lipinski definition) is 4. The zero-order valence-electron chi connectivity index (χ0n) is 10.4. The van der Waals surface area contributed by atoms with Crippen LogP contribution in [0.4, 0.5) is 0 Å². The van der Waals surface area contributed by atoms with Gasteiger partial charge in [-0.1, -0.05) is 0 Å². The van der Waals surface area contributed by atoms with Crippen molar-refractivity contribution in [2.45, 2.75) is 31.8 Å². The van der Waals surface area contributed by atoms with Crippen LogP contribution < -0.4 is 16.0 Å². The van der Waals surface area contributed by atoms with Gasteiger partial charge in [-0.2, -0.15) is 0 Å². The number of methoxy groups -OCH3 is 1. The highest BCUT2D eigenvalue weighted by molar-refractivity contribution is 5.89. The van der Waals surface area contributed by atoms with E-state index in [9.17, 15) is 9.59 Å². The minimum absolute atomic E-state index is 0.100. The summed E-state index contributed by atoms with van der Waals surface area (Å²) in [6.07, 6.45) is 1.84. The van der Waals surface area contributed by atoms with Crippen molar-refractivity contribution in [1.29, 1.82) is 0 Å². The SMILES string of the molecule is COCCNC(=O)C(C)NC(=O)[C@H]1CCCN1. The van der Waals surface area contributed by atoms with Gasteiger partial charge in [-0.05, 0) is 26.3 Å². The number of rotatable bonds is 6. The summed E-state index contributed by atoms with van der Waals surface area (Å²) in [5, 5.41) is 8.46. The van der Waals surface area contributed by atoms with Crippen LogP contribution in [0.3, 0.4) is 0 Å². The van der Waals surface area contributed by atoms with Gasteiger partial charge in [0.2, 0.25) is 11.8 Å². The van der Waals surface area contributed by atoms with Crippen molar-refractivity contribution in [3.05, 3.63) is 0 Å². The average Bonchev–Trinajstić information content (AvgIpc) is 2.82. The molecule has 6 heteroatoms. The smallest absolute Gasteiger partial charge is 0.242 e. The lowest BCUT2D eigenvalue weighted by atomic mass is 10.2. The lowest BCUT2D eigenvalue weighted by Gasteiger charge is -2.16. The van der Waals surface area contributed by atoms with Gasteiger partial charge in [0.05, 0.1) is 12.6 Å². The lowest BCUT2D eigenvalue weighted by molar-refractivity contribution is -0.129. The van der Waals surface area contributed by atoms with E-state index in [0.717, 1.165) is 19.4 Å². The molecule has 17 heavy (non-hydrogen) atoms. The summed E-state index contributed by atoms with van der Waals surface area (Å²) in [5.74, 6) is -0.287. The molecule has 1 aliphatic heterocycles. The first-order valence-corrected chi connectivity index (χ1v) is 5.95. The summed E-state index contributed by atoms with van der Waals surface area (Å²) in [4.78, 5) is 23.3. The fraction of sp³-hybridized carbons (Fsp3) is 0.818. The first kappa shape index (κ1) is 13.9. The summed E-state index contributed by atoms with van der Waals surface area (Å²) >= 11 is 0. The lowest BCUT2D eigenvalue weighted by Crippen LogP contribution is -2.50. The third-order valence-corrected chi connectivity index (χ3v) is 2.73. The Kier molecular flexibility index (Phi) is 5.93. The molecule has 6 nitrogen and oxygen atoms in total. The highest BCUT2D eigenvalue weighted by atomic mass is 16.5. The zero-order chi connectivity index (χ0) is 12.7. The second-order valence-corrected chi connectivity index (χ2v) is 4.16. The van der Waals surface area contributed by atoms with Gasteiger partial charge in [-0.3, -0.25) is 9.59 Å². The molecule has 1 unspecified atom stereocenters. The Labute approximate surface area is 101 Å². The molecule has 1 saturated heterocycles. The number of carbonyl (C=O) groups excluding carboxylic acids is 2. The zero-order valence-corrected chi connectivity index (χ0v) is 10.4. The first-order chi connectivity index (χ1) is 8.15. The van der Waals surface area contributed by atoms with Gasteiger partial charge in [0.15, 0.2) is 0 Å². The molecular weight excluding hydrogens is 222 g/mol. The fourth-order valence-electron chi connectivity index (χ4n) is 1.72. The molecule has 2 atom stereocenters. The van der Waals surface area contributed by atoms with Crippen molar-refractivity contribution in [2.24, 2.45) is 0 Å². The molecule has 0 bridgehead atoms. The number of amides is 2. The van der Waals surface area contributed by atoms with Gasteiger partial charge in [0, 0.05) is 13.7 Å². The van der Waals surface area contributed by atoms with E-state index in [-0.39, 0.29) is 17.9 Å². The predicted octanol–water partition coefficient (Wildman–Crippen LogP) is -0.994. The third kappa shape index (κ3) is 4.70. The maximum absolute atomic E-state index is 11.7. The van der Waals surface area contributed by atoms with E-state index < -0.39 is 6.04 Å². The van der Waals surface area contributed by atoms with E-state index in [0.29, 0.717) is 13.2 Å². The molecule has 0 aliphatic carbocycles. The molecule has 0 saturated carbocycles. The summed E-state index contributed by atoms with van der Waals surface area (Å²) in [7, 11) is 1.57. The van der Waals surface area contributed by atoms with E-state index in [1.54, 1.807) is 14.0 Å². The first-order valence-electron chi connectivity index (χ1n) is 5.95.